The van der Waals surface area contributed by atoms with Crippen LogP contribution in [0.4, 0.5) is 0 Å². The van der Waals surface area contributed by atoms with Gasteiger partial charge in [0.05, 0.1) is 5.56 Å². The molecule has 0 amide bonds. The van der Waals surface area contributed by atoms with E-state index in [1.807, 2.05) is 0 Å². The van der Waals surface area contributed by atoms with Gasteiger partial charge >= 0.3 is 12.4 Å². The second-order valence-electron chi connectivity index (χ2n) is 3.01. The van der Waals surface area contributed by atoms with Gasteiger partial charge in [0.2, 0.25) is 0 Å². The number of carbonyl (C=O) groups is 1. The van der Waals surface area contributed by atoms with Crippen LogP contribution in [0.1, 0.15) is 22.8 Å². The third-order valence-electron chi connectivity index (χ3n) is 2.10. The second kappa shape index (κ2) is 3.57. The van der Waals surface area contributed by atoms with Crippen molar-refractivity contribution >= 4 is 18.2 Å². The summed E-state index contributed by atoms with van der Waals surface area (Å²) < 4.78 is 9.51. The summed E-state index contributed by atoms with van der Waals surface area (Å²) in [5, 5.41) is 0. The molecule has 0 spiro atoms. The number of benzene rings is 1. The van der Waals surface area contributed by atoms with Crippen molar-refractivity contribution in [1.29, 1.82) is 0 Å². The van der Waals surface area contributed by atoms with Crippen molar-refractivity contribution in [3.63, 3.8) is 0 Å². The van der Waals surface area contributed by atoms with E-state index in [0.29, 0.717) is 11.1 Å². The summed E-state index contributed by atoms with van der Waals surface area (Å²) >= 11 is 0. The number of rotatable bonds is 2. The standard InChI is InChI=1S/C11H7O4/c1-7(14-6-12)10-8-4-2-3-5-9(8)11(13)15-10/h2-5H,1H3/b10-7-. The smallest absolute Gasteiger partial charge is 0.419 e. The first-order valence-corrected chi connectivity index (χ1v) is 4.30. The molecule has 1 radical (unpaired) electrons. The van der Waals surface area contributed by atoms with Crippen molar-refractivity contribution in [3.8, 4) is 0 Å². The van der Waals surface area contributed by atoms with E-state index in [9.17, 15) is 9.59 Å². The maximum absolute atomic E-state index is 11.4. The molecule has 1 aromatic rings. The maximum atomic E-state index is 11.4. The van der Waals surface area contributed by atoms with E-state index in [-0.39, 0.29) is 11.5 Å². The van der Waals surface area contributed by atoms with Gasteiger partial charge in [0.15, 0.2) is 5.76 Å². The molecule has 4 heteroatoms. The first kappa shape index (κ1) is 9.45. The predicted molar refractivity (Wildman–Crippen MR) is 51.2 cm³/mol. The van der Waals surface area contributed by atoms with Gasteiger partial charge in [-0.3, -0.25) is 0 Å². The molecule has 0 bridgehead atoms. The third-order valence-corrected chi connectivity index (χ3v) is 2.10. The molecule has 15 heavy (non-hydrogen) atoms. The lowest BCUT2D eigenvalue weighted by Crippen LogP contribution is -1.94. The summed E-state index contributed by atoms with van der Waals surface area (Å²) in [5.74, 6) is 0.0664. The quantitative estimate of drug-likeness (QED) is 0.541. The highest BCUT2D eigenvalue weighted by atomic mass is 16.6. The zero-order chi connectivity index (χ0) is 10.8. The van der Waals surface area contributed by atoms with Gasteiger partial charge in [-0.25, -0.2) is 9.59 Å². The number of esters is 1. The van der Waals surface area contributed by atoms with E-state index in [4.69, 9.17) is 4.74 Å². The highest BCUT2D eigenvalue weighted by Crippen LogP contribution is 2.31. The lowest BCUT2D eigenvalue weighted by molar-refractivity contribution is 0.0709. The van der Waals surface area contributed by atoms with E-state index in [2.05, 4.69) is 4.74 Å². The fourth-order valence-corrected chi connectivity index (χ4v) is 1.43. The van der Waals surface area contributed by atoms with Gasteiger partial charge in [-0.2, -0.15) is 0 Å². The van der Waals surface area contributed by atoms with Crippen LogP contribution < -0.4 is 0 Å². The molecule has 2 rings (SSSR count). The summed E-state index contributed by atoms with van der Waals surface area (Å²) in [6, 6.07) is 6.90. The molecule has 0 saturated carbocycles. The Morgan fingerprint density at radius 1 is 1.33 bits per heavy atom. The average Bonchev–Trinajstić information content (AvgIpc) is 2.58. The van der Waals surface area contributed by atoms with E-state index in [1.54, 1.807) is 24.3 Å². The van der Waals surface area contributed by atoms with Crippen LogP contribution >= 0.6 is 0 Å². The minimum Gasteiger partial charge on any atom is -0.419 e. The largest absolute Gasteiger partial charge is 0.423 e. The summed E-state index contributed by atoms with van der Waals surface area (Å²) in [6.45, 7) is 2.83. The number of cyclic esters (lactones) is 1. The highest BCUT2D eigenvalue weighted by Gasteiger charge is 2.28. The number of hydrogen-bond donors (Lipinski definition) is 0. The molecule has 1 aliphatic rings. The molecule has 1 aromatic carbocycles. The molecule has 1 aliphatic heterocycles. The molecular formula is C11H7O4. The van der Waals surface area contributed by atoms with Crippen LogP contribution in [-0.2, 0) is 14.3 Å². The predicted octanol–water partition coefficient (Wildman–Crippen LogP) is 1.63. The summed E-state index contributed by atoms with van der Waals surface area (Å²) in [4.78, 5) is 21.4. The summed E-state index contributed by atoms with van der Waals surface area (Å²) in [6.07, 6.45) is 0. The van der Waals surface area contributed by atoms with Crippen LogP contribution in [0, 0.1) is 0 Å². The van der Waals surface area contributed by atoms with Gasteiger partial charge in [-0.15, -0.1) is 0 Å². The van der Waals surface area contributed by atoms with Crippen LogP contribution in [0.25, 0.3) is 5.76 Å². The van der Waals surface area contributed by atoms with Crippen LogP contribution in [0.15, 0.2) is 30.0 Å². The molecule has 0 fully saturated rings. The lowest BCUT2D eigenvalue weighted by Gasteiger charge is -2.01. The van der Waals surface area contributed by atoms with E-state index in [0.717, 1.165) is 0 Å². The Labute approximate surface area is 86.1 Å². The molecule has 4 nitrogen and oxygen atoms in total. The van der Waals surface area contributed by atoms with E-state index >= 15 is 0 Å². The monoisotopic (exact) mass is 203 g/mol. The van der Waals surface area contributed by atoms with Crippen molar-refractivity contribution in [2.24, 2.45) is 0 Å². The van der Waals surface area contributed by atoms with Crippen molar-refractivity contribution < 1.29 is 19.1 Å². The molecule has 0 aliphatic carbocycles. The fraction of sp³-hybridized carbons (Fsp3) is 0.0909. The Kier molecular flexibility index (Phi) is 2.25. The minimum atomic E-state index is -0.436. The highest BCUT2D eigenvalue weighted by molar-refractivity contribution is 6.03. The van der Waals surface area contributed by atoms with Crippen molar-refractivity contribution in [3.05, 3.63) is 41.2 Å². The molecule has 0 aromatic heterocycles. The Bertz CT molecular complexity index is 459. The zero-order valence-electron chi connectivity index (χ0n) is 7.94. The van der Waals surface area contributed by atoms with Crippen molar-refractivity contribution in [1.82, 2.24) is 0 Å². The normalized spacial score (nSPS) is 16.7. The molecule has 0 atom stereocenters. The zero-order valence-corrected chi connectivity index (χ0v) is 7.94. The molecule has 0 unspecified atom stereocenters. The number of carbonyl (C=O) groups excluding carboxylic acids is 2. The maximum Gasteiger partial charge on any atom is 0.423 e. The number of ether oxygens (including phenoxy) is 2. The van der Waals surface area contributed by atoms with Crippen molar-refractivity contribution in [2.75, 3.05) is 0 Å². The first-order valence-electron chi connectivity index (χ1n) is 4.30. The van der Waals surface area contributed by atoms with Crippen molar-refractivity contribution in [2.45, 2.75) is 6.92 Å². The minimum absolute atomic E-state index is 0.225. The average molecular weight is 203 g/mol. The van der Waals surface area contributed by atoms with Crippen LogP contribution in [0.5, 0.6) is 0 Å². The van der Waals surface area contributed by atoms with Gasteiger partial charge in [0, 0.05) is 5.56 Å². The molecule has 0 N–H and O–H groups in total. The van der Waals surface area contributed by atoms with Crippen LogP contribution in [0.2, 0.25) is 0 Å². The molecule has 75 valence electrons. The van der Waals surface area contributed by atoms with Gasteiger partial charge in [-0.05, 0) is 13.0 Å². The van der Waals surface area contributed by atoms with Gasteiger partial charge in [0.1, 0.15) is 5.76 Å². The summed E-state index contributed by atoms with van der Waals surface area (Å²) in [5.41, 5.74) is 1.11. The lowest BCUT2D eigenvalue weighted by atomic mass is 10.1. The number of allylic oxidation sites excluding steroid dienone is 1. The fourth-order valence-electron chi connectivity index (χ4n) is 1.43. The second-order valence-corrected chi connectivity index (χ2v) is 3.01. The molecule has 1 heterocycles. The molecule has 0 saturated heterocycles. The summed E-state index contributed by atoms with van der Waals surface area (Å²) in [7, 11) is 0. The van der Waals surface area contributed by atoms with E-state index in [1.165, 1.54) is 13.4 Å². The first-order chi connectivity index (χ1) is 7.24. The Balaban J connectivity index is 2.53. The number of hydrogen-bond acceptors (Lipinski definition) is 4. The molecular weight excluding hydrogens is 196 g/mol. The topological polar surface area (TPSA) is 52.6 Å². The van der Waals surface area contributed by atoms with E-state index < -0.39 is 5.97 Å². The van der Waals surface area contributed by atoms with Crippen LogP contribution in [-0.4, -0.2) is 12.4 Å². The van der Waals surface area contributed by atoms with Crippen LogP contribution in [0.3, 0.4) is 0 Å². The Hall–Kier alpha value is -2.10. The third kappa shape index (κ3) is 1.50. The Morgan fingerprint density at radius 2 is 2.00 bits per heavy atom. The Morgan fingerprint density at radius 3 is 2.67 bits per heavy atom. The number of fused-ring (bicyclic) bond motifs is 1. The van der Waals surface area contributed by atoms with Gasteiger partial charge in [-0.1, -0.05) is 18.2 Å². The SMILES string of the molecule is C/C(O[C]=O)=C1/OC(=O)c2ccccc21. The van der Waals surface area contributed by atoms with Gasteiger partial charge < -0.3 is 9.47 Å². The van der Waals surface area contributed by atoms with Gasteiger partial charge in [0.25, 0.3) is 0 Å².